The van der Waals surface area contributed by atoms with Crippen LogP contribution in [0.15, 0.2) is 71.7 Å². The third-order valence-corrected chi connectivity index (χ3v) is 11.1. The lowest BCUT2D eigenvalue weighted by Gasteiger charge is -2.34. The number of thiazole rings is 1. The van der Waals surface area contributed by atoms with Crippen LogP contribution in [-0.2, 0) is 19.9 Å². The van der Waals surface area contributed by atoms with E-state index in [9.17, 15) is 16.8 Å². The number of fused-ring (bicyclic) bond motifs is 1. The number of hydrogen-bond donors (Lipinski definition) is 0. The van der Waals surface area contributed by atoms with Gasteiger partial charge in [0.05, 0.1) is 10.6 Å². The molecule has 1 unspecified atom stereocenters. The molecule has 0 bridgehead atoms. The molecule has 0 amide bonds. The highest BCUT2D eigenvalue weighted by Crippen LogP contribution is 2.35. The van der Waals surface area contributed by atoms with Crippen molar-refractivity contribution in [3.05, 3.63) is 71.8 Å². The lowest BCUT2D eigenvalue weighted by molar-refractivity contribution is 0.422. The summed E-state index contributed by atoms with van der Waals surface area (Å²) < 4.78 is 50.6. The summed E-state index contributed by atoms with van der Waals surface area (Å²) >= 11 is 1.48. The summed E-state index contributed by atoms with van der Waals surface area (Å²) in [5.41, 5.74) is 3.38. The van der Waals surface area contributed by atoms with Crippen molar-refractivity contribution in [1.29, 1.82) is 0 Å². The second kappa shape index (κ2) is 8.77. The van der Waals surface area contributed by atoms with Crippen LogP contribution in [0.1, 0.15) is 24.8 Å². The molecule has 0 fully saturated rings. The standard InChI is InChI=1S/C25H25N3O4S3/c1-25(14-4-3-5-15-25)35(31,32)28-16-12-19(13-17-28)23-27-22-11-10-21(26-24(22)33-23)18-6-8-20(9-7-18)34(2,29)30/h3-12,14H,13,15-17H2,1-2H3. The van der Waals surface area contributed by atoms with Crippen molar-refractivity contribution in [2.24, 2.45) is 0 Å². The topological polar surface area (TPSA) is 97.3 Å². The SMILES string of the molecule is CC1(S(=O)(=O)N2CC=C(c3nc4ccc(-c5ccc(S(C)(=O)=O)cc5)nc4s3)CC2)C=CC=CC1. The molecule has 2 aliphatic rings. The summed E-state index contributed by atoms with van der Waals surface area (Å²) in [6.45, 7) is 2.52. The number of benzene rings is 1. The zero-order chi connectivity index (χ0) is 24.8. The highest BCUT2D eigenvalue weighted by Gasteiger charge is 2.41. The molecule has 0 N–H and O–H groups in total. The lowest BCUT2D eigenvalue weighted by atomic mass is 10.0. The Balaban J connectivity index is 1.37. The molecular formula is C25H25N3O4S3. The number of sulfonamides is 1. The van der Waals surface area contributed by atoms with Crippen molar-refractivity contribution in [2.75, 3.05) is 19.3 Å². The summed E-state index contributed by atoms with van der Waals surface area (Å²) in [5, 5.41) is 0.848. The number of allylic oxidation sites excluding steroid dienone is 3. The fourth-order valence-corrected chi connectivity index (χ4v) is 7.63. The third kappa shape index (κ3) is 4.51. The molecule has 5 rings (SSSR count). The molecule has 1 aliphatic carbocycles. The lowest BCUT2D eigenvalue weighted by Crippen LogP contribution is -2.47. The highest BCUT2D eigenvalue weighted by molar-refractivity contribution is 7.91. The van der Waals surface area contributed by atoms with Gasteiger partial charge in [0, 0.05) is 24.9 Å². The molecule has 0 saturated carbocycles. The predicted molar refractivity (Wildman–Crippen MR) is 140 cm³/mol. The molecule has 3 heterocycles. The van der Waals surface area contributed by atoms with Gasteiger partial charge in [-0.3, -0.25) is 0 Å². The molecule has 7 nitrogen and oxygen atoms in total. The Bertz CT molecular complexity index is 1600. The first-order valence-electron chi connectivity index (χ1n) is 11.2. The van der Waals surface area contributed by atoms with E-state index in [1.807, 2.05) is 30.4 Å². The molecule has 0 saturated heterocycles. The number of rotatable bonds is 5. The van der Waals surface area contributed by atoms with Crippen LogP contribution >= 0.6 is 11.3 Å². The molecule has 2 aromatic heterocycles. The molecule has 3 aromatic rings. The largest absolute Gasteiger partial charge is 0.235 e. The Hall–Kier alpha value is -2.66. The molecular weight excluding hydrogens is 502 g/mol. The van der Waals surface area contributed by atoms with E-state index in [0.29, 0.717) is 25.9 Å². The minimum Gasteiger partial charge on any atom is -0.235 e. The number of aromatic nitrogens is 2. The Morgan fingerprint density at radius 3 is 2.40 bits per heavy atom. The fraction of sp³-hybridized carbons (Fsp3) is 0.280. The zero-order valence-electron chi connectivity index (χ0n) is 19.4. The van der Waals surface area contributed by atoms with Gasteiger partial charge >= 0.3 is 0 Å². The summed E-state index contributed by atoms with van der Waals surface area (Å²) in [7, 11) is -6.73. The highest BCUT2D eigenvalue weighted by atomic mass is 32.2. The van der Waals surface area contributed by atoms with Crippen molar-refractivity contribution in [3.8, 4) is 11.3 Å². The number of nitrogens with zero attached hydrogens (tertiary/aromatic N) is 3. The van der Waals surface area contributed by atoms with Gasteiger partial charge in [0.15, 0.2) is 9.84 Å². The monoisotopic (exact) mass is 527 g/mol. The third-order valence-electron chi connectivity index (χ3n) is 6.43. The quantitative estimate of drug-likeness (QED) is 0.486. The minimum atomic E-state index is -3.48. The Kier molecular flexibility index (Phi) is 6.03. The molecule has 35 heavy (non-hydrogen) atoms. The first-order chi connectivity index (χ1) is 16.6. The van der Waals surface area contributed by atoms with Gasteiger partial charge in [-0.2, -0.15) is 4.31 Å². The summed E-state index contributed by atoms with van der Waals surface area (Å²) in [5.74, 6) is 0. The maximum Gasteiger partial charge on any atom is 0.223 e. The van der Waals surface area contributed by atoms with Crippen molar-refractivity contribution in [3.63, 3.8) is 0 Å². The second-order valence-electron chi connectivity index (χ2n) is 8.98. The van der Waals surface area contributed by atoms with Crippen molar-refractivity contribution in [2.45, 2.75) is 29.4 Å². The van der Waals surface area contributed by atoms with Gasteiger partial charge in [0.25, 0.3) is 0 Å². The molecule has 1 aliphatic heterocycles. The molecule has 10 heteroatoms. The van der Waals surface area contributed by atoms with E-state index >= 15 is 0 Å². The average molecular weight is 528 g/mol. The normalized spacial score (nSPS) is 21.4. The molecule has 0 spiro atoms. The van der Waals surface area contributed by atoms with Gasteiger partial charge in [-0.25, -0.2) is 26.8 Å². The second-order valence-corrected chi connectivity index (χ2v) is 14.4. The van der Waals surface area contributed by atoms with Crippen LogP contribution in [0.25, 0.3) is 27.2 Å². The molecule has 1 atom stereocenters. The van der Waals surface area contributed by atoms with E-state index in [0.717, 1.165) is 32.2 Å². The maximum absolute atomic E-state index is 13.2. The minimum absolute atomic E-state index is 0.271. The average Bonchev–Trinajstić information content (AvgIpc) is 3.27. The van der Waals surface area contributed by atoms with E-state index in [2.05, 4.69) is 0 Å². The van der Waals surface area contributed by atoms with Crippen molar-refractivity contribution < 1.29 is 16.8 Å². The first-order valence-corrected chi connectivity index (χ1v) is 15.3. The van der Waals surface area contributed by atoms with E-state index in [1.165, 1.54) is 17.6 Å². The smallest absolute Gasteiger partial charge is 0.223 e. The molecule has 0 radical (unpaired) electrons. The van der Waals surface area contributed by atoms with E-state index in [-0.39, 0.29) is 4.90 Å². The van der Waals surface area contributed by atoms with Gasteiger partial charge in [0.2, 0.25) is 10.0 Å². The number of sulfone groups is 1. The summed E-state index contributed by atoms with van der Waals surface area (Å²) in [6, 6.07) is 10.5. The maximum atomic E-state index is 13.2. The Labute approximate surface area is 209 Å². The summed E-state index contributed by atoms with van der Waals surface area (Å²) in [4.78, 5) is 10.5. The number of hydrogen-bond acceptors (Lipinski definition) is 7. The molecule has 1 aromatic carbocycles. The first kappa shape index (κ1) is 24.1. The van der Waals surface area contributed by atoms with Gasteiger partial charge in [-0.05, 0) is 49.6 Å². The zero-order valence-corrected chi connectivity index (χ0v) is 21.8. The van der Waals surface area contributed by atoms with Crippen LogP contribution in [-0.4, -0.2) is 55.2 Å². The Morgan fingerprint density at radius 2 is 1.77 bits per heavy atom. The van der Waals surface area contributed by atoms with E-state index in [4.69, 9.17) is 9.97 Å². The van der Waals surface area contributed by atoms with Crippen LogP contribution in [0.3, 0.4) is 0 Å². The van der Waals surface area contributed by atoms with Crippen molar-refractivity contribution in [1.82, 2.24) is 14.3 Å². The van der Waals surface area contributed by atoms with Gasteiger partial charge in [0.1, 0.15) is 20.1 Å². The van der Waals surface area contributed by atoms with E-state index in [1.54, 1.807) is 47.6 Å². The van der Waals surface area contributed by atoms with Gasteiger partial charge < -0.3 is 0 Å². The van der Waals surface area contributed by atoms with Crippen LogP contribution in [0.2, 0.25) is 0 Å². The molecule has 182 valence electrons. The fourth-order valence-electron chi connectivity index (χ4n) is 4.25. The van der Waals surface area contributed by atoms with Crippen LogP contribution in [0, 0.1) is 0 Å². The van der Waals surface area contributed by atoms with Gasteiger partial charge in [-0.1, -0.05) is 53.8 Å². The van der Waals surface area contributed by atoms with Gasteiger partial charge in [-0.15, -0.1) is 0 Å². The van der Waals surface area contributed by atoms with Crippen LogP contribution < -0.4 is 0 Å². The van der Waals surface area contributed by atoms with Crippen LogP contribution in [0.4, 0.5) is 0 Å². The van der Waals surface area contributed by atoms with Crippen LogP contribution in [0.5, 0.6) is 0 Å². The summed E-state index contributed by atoms with van der Waals surface area (Å²) in [6.07, 6.45) is 11.5. The van der Waals surface area contributed by atoms with Crippen molar-refractivity contribution >= 4 is 47.1 Å². The number of pyridine rings is 1. The van der Waals surface area contributed by atoms with E-state index < -0.39 is 24.6 Å². The predicted octanol–water partition coefficient (Wildman–Crippen LogP) is 4.46. The Morgan fingerprint density at radius 1 is 1.00 bits per heavy atom.